The first-order valence-corrected chi connectivity index (χ1v) is 5.16. The van der Waals surface area contributed by atoms with Gasteiger partial charge in [0.25, 0.3) is 5.69 Å². The number of aliphatic hydroxyl groups is 1. The summed E-state index contributed by atoms with van der Waals surface area (Å²) in [5, 5.41) is 19.4. The fourth-order valence-corrected chi connectivity index (χ4v) is 1.44. The van der Waals surface area contributed by atoms with Crippen LogP contribution in [-0.4, -0.2) is 23.0 Å². The Balaban J connectivity index is 0.00000225. The number of benzene rings is 1. The van der Waals surface area contributed by atoms with Crippen molar-refractivity contribution in [1.82, 2.24) is 0 Å². The Labute approximate surface area is 113 Å². The number of nitro groups is 1. The Kier molecular flexibility index (Phi) is 5.53. The quantitative estimate of drug-likeness (QED) is 0.268. The van der Waals surface area contributed by atoms with Crippen molar-refractivity contribution in [2.45, 2.75) is 5.44 Å². The van der Waals surface area contributed by atoms with E-state index in [-0.39, 0.29) is 35.1 Å². The summed E-state index contributed by atoms with van der Waals surface area (Å²) in [7, 11) is -4.92. The molecule has 9 heteroatoms. The third kappa shape index (κ3) is 3.81. The van der Waals surface area contributed by atoms with Crippen LogP contribution in [0.1, 0.15) is 11.0 Å². The van der Waals surface area contributed by atoms with E-state index in [1.54, 1.807) is 0 Å². The van der Waals surface area contributed by atoms with Gasteiger partial charge >= 0.3 is 29.6 Å². The van der Waals surface area contributed by atoms with Crippen LogP contribution < -0.4 is 29.6 Å². The van der Waals surface area contributed by atoms with E-state index < -0.39 is 26.2 Å². The maximum atomic E-state index is 10.4. The molecule has 1 aromatic carbocycles. The molecule has 1 rings (SSSR count). The minimum Gasteiger partial charge on any atom is -0.746 e. The topological polar surface area (TPSA) is 121 Å². The van der Waals surface area contributed by atoms with Crippen molar-refractivity contribution in [2.75, 3.05) is 0 Å². The largest absolute Gasteiger partial charge is 1.00 e. The summed E-state index contributed by atoms with van der Waals surface area (Å²) in [6, 6.07) is 4.25. The molecule has 0 amide bonds. The van der Waals surface area contributed by atoms with Crippen LogP contribution in [0.4, 0.5) is 5.69 Å². The minimum atomic E-state index is -4.92. The Morgan fingerprint density at radius 3 is 2.38 bits per heavy atom. The molecule has 16 heavy (non-hydrogen) atoms. The first-order chi connectivity index (χ1) is 6.82. The van der Waals surface area contributed by atoms with Crippen LogP contribution in [0.25, 0.3) is 0 Å². The van der Waals surface area contributed by atoms with Crippen LogP contribution in [0.5, 0.6) is 0 Å². The molecular weight excluding hydrogens is 249 g/mol. The van der Waals surface area contributed by atoms with Gasteiger partial charge in [0.15, 0.2) is 5.44 Å². The van der Waals surface area contributed by atoms with Crippen molar-refractivity contribution in [1.29, 1.82) is 0 Å². The number of nitrogens with zero attached hydrogens (tertiary/aromatic N) is 1. The van der Waals surface area contributed by atoms with E-state index in [2.05, 4.69) is 0 Å². The average molecular weight is 255 g/mol. The summed E-state index contributed by atoms with van der Waals surface area (Å²) in [6.07, 6.45) is 0. The normalized spacial score (nSPS) is 12.6. The van der Waals surface area contributed by atoms with Crippen LogP contribution in [0.3, 0.4) is 0 Å². The van der Waals surface area contributed by atoms with Crippen LogP contribution in [0.2, 0.25) is 0 Å². The summed E-state index contributed by atoms with van der Waals surface area (Å²) >= 11 is 0. The summed E-state index contributed by atoms with van der Waals surface area (Å²) in [5.74, 6) is 0. The molecule has 0 saturated heterocycles. The summed E-state index contributed by atoms with van der Waals surface area (Å²) < 4.78 is 31.3. The standard InChI is InChI=1S/C7H7NO6S.Na/c9-7(15(12,13)14)5-2-1-3-6(4-5)8(10)11;/h1-4,7,9H,(H,12,13,14);/q;+1/p-1. The van der Waals surface area contributed by atoms with Crippen molar-refractivity contribution in [3.8, 4) is 0 Å². The van der Waals surface area contributed by atoms with Crippen molar-refractivity contribution in [2.24, 2.45) is 0 Å². The van der Waals surface area contributed by atoms with Gasteiger partial charge in [-0.1, -0.05) is 12.1 Å². The van der Waals surface area contributed by atoms with Crippen molar-refractivity contribution in [3.05, 3.63) is 39.9 Å². The fourth-order valence-electron chi connectivity index (χ4n) is 0.959. The Morgan fingerprint density at radius 2 is 1.94 bits per heavy atom. The molecule has 0 aliphatic heterocycles. The predicted octanol–water partition coefficient (Wildman–Crippen LogP) is -2.87. The number of hydrogen-bond donors (Lipinski definition) is 1. The molecule has 0 fully saturated rings. The van der Waals surface area contributed by atoms with Gasteiger partial charge in [-0.05, 0) is 0 Å². The molecule has 0 bridgehead atoms. The fraction of sp³-hybridized carbons (Fsp3) is 0.143. The number of nitro benzene ring substituents is 1. The van der Waals surface area contributed by atoms with Crippen LogP contribution >= 0.6 is 0 Å². The first-order valence-electron chi connectivity index (χ1n) is 3.69. The van der Waals surface area contributed by atoms with Gasteiger partial charge in [-0.15, -0.1) is 0 Å². The molecule has 0 heterocycles. The zero-order valence-electron chi connectivity index (χ0n) is 8.23. The molecule has 0 aliphatic carbocycles. The smallest absolute Gasteiger partial charge is 0.746 e. The Bertz CT molecular complexity index is 487. The zero-order valence-corrected chi connectivity index (χ0v) is 11.0. The number of non-ortho nitro benzene ring substituents is 1. The molecule has 0 spiro atoms. The van der Waals surface area contributed by atoms with Gasteiger partial charge in [-0.3, -0.25) is 10.1 Å². The molecule has 82 valence electrons. The second-order valence-electron chi connectivity index (χ2n) is 2.70. The van der Waals surface area contributed by atoms with E-state index in [1.165, 1.54) is 6.07 Å². The molecule has 0 aromatic heterocycles. The summed E-state index contributed by atoms with van der Waals surface area (Å²) in [5.41, 5.74) is -2.99. The molecule has 1 aromatic rings. The first kappa shape index (κ1) is 15.5. The molecule has 1 unspecified atom stereocenters. The minimum absolute atomic E-state index is 0. The van der Waals surface area contributed by atoms with Crippen LogP contribution in [-0.2, 0) is 10.1 Å². The third-order valence-corrected chi connectivity index (χ3v) is 2.46. The van der Waals surface area contributed by atoms with Crippen LogP contribution in [0.15, 0.2) is 24.3 Å². The van der Waals surface area contributed by atoms with E-state index in [0.717, 1.165) is 18.2 Å². The summed E-state index contributed by atoms with van der Waals surface area (Å²) in [4.78, 5) is 9.57. The van der Waals surface area contributed by atoms with E-state index in [9.17, 15) is 23.1 Å². The van der Waals surface area contributed by atoms with E-state index in [0.29, 0.717) is 0 Å². The van der Waals surface area contributed by atoms with Gasteiger partial charge in [-0.2, -0.15) is 0 Å². The van der Waals surface area contributed by atoms with Crippen molar-refractivity contribution < 1.29 is 52.6 Å². The molecular formula is C7H6NNaO6S. The second kappa shape index (κ2) is 5.71. The zero-order chi connectivity index (χ0) is 11.6. The van der Waals surface area contributed by atoms with Crippen molar-refractivity contribution >= 4 is 15.8 Å². The van der Waals surface area contributed by atoms with Crippen molar-refractivity contribution in [3.63, 3.8) is 0 Å². The molecule has 1 atom stereocenters. The molecule has 7 nitrogen and oxygen atoms in total. The Hall–Kier alpha value is -0.510. The number of aliphatic hydroxyl groups excluding tert-OH is 1. The maximum Gasteiger partial charge on any atom is 1.00 e. The SMILES string of the molecule is O=[N+]([O-])c1cccc(C(O)S(=O)(=O)[O-])c1.[Na+]. The van der Waals surface area contributed by atoms with Gasteiger partial charge < -0.3 is 9.66 Å². The molecule has 0 saturated carbocycles. The van der Waals surface area contributed by atoms with Gasteiger partial charge in [0.05, 0.1) is 4.92 Å². The summed E-state index contributed by atoms with van der Waals surface area (Å²) in [6.45, 7) is 0. The average Bonchev–Trinajstić information content (AvgIpc) is 2.15. The molecule has 0 radical (unpaired) electrons. The van der Waals surface area contributed by atoms with E-state index >= 15 is 0 Å². The second-order valence-corrected chi connectivity index (χ2v) is 4.13. The Morgan fingerprint density at radius 1 is 1.38 bits per heavy atom. The van der Waals surface area contributed by atoms with E-state index in [4.69, 9.17) is 5.11 Å². The van der Waals surface area contributed by atoms with Gasteiger partial charge in [0.2, 0.25) is 0 Å². The maximum absolute atomic E-state index is 10.4. The van der Waals surface area contributed by atoms with Gasteiger partial charge in [0.1, 0.15) is 10.1 Å². The third-order valence-electron chi connectivity index (χ3n) is 1.64. The monoisotopic (exact) mass is 255 g/mol. The number of rotatable bonds is 3. The number of hydrogen-bond acceptors (Lipinski definition) is 6. The van der Waals surface area contributed by atoms with Gasteiger partial charge in [0, 0.05) is 17.7 Å². The molecule has 0 aliphatic rings. The van der Waals surface area contributed by atoms with E-state index in [1.807, 2.05) is 0 Å². The van der Waals surface area contributed by atoms with Crippen LogP contribution in [0, 0.1) is 10.1 Å². The predicted molar refractivity (Wildman–Crippen MR) is 47.8 cm³/mol. The van der Waals surface area contributed by atoms with Gasteiger partial charge in [-0.25, -0.2) is 8.42 Å². The molecule has 1 N–H and O–H groups in total.